The predicted octanol–water partition coefficient (Wildman–Crippen LogP) is 3.99. The lowest BCUT2D eigenvalue weighted by Gasteiger charge is -2.11. The van der Waals surface area contributed by atoms with Crippen LogP contribution in [0.2, 0.25) is 0 Å². The second kappa shape index (κ2) is 6.66. The Bertz CT molecular complexity index is 602. The van der Waals surface area contributed by atoms with Gasteiger partial charge in [-0.05, 0) is 23.3 Å². The molecule has 7 heteroatoms. The summed E-state index contributed by atoms with van der Waals surface area (Å²) in [5.41, 5.74) is 1.81. The van der Waals surface area contributed by atoms with Crippen LogP contribution in [0.25, 0.3) is 11.1 Å². The van der Waals surface area contributed by atoms with E-state index in [1.165, 1.54) is 12.1 Å². The highest BCUT2D eigenvalue weighted by molar-refractivity contribution is 7.96. The third kappa shape index (κ3) is 4.01. The lowest BCUT2D eigenvalue weighted by atomic mass is 10.1. The molecule has 2 aromatic rings. The molecule has 0 fully saturated rings. The highest BCUT2D eigenvalue weighted by Crippen LogP contribution is 2.31. The largest absolute Gasteiger partial charge is 0.421 e. The van der Waals surface area contributed by atoms with Gasteiger partial charge in [0.15, 0.2) is 0 Å². The molecular formula is C14H10F2O4S. The molecule has 21 heavy (non-hydrogen) atoms. The highest BCUT2D eigenvalue weighted by atomic mass is 32.2. The van der Waals surface area contributed by atoms with Crippen molar-refractivity contribution in [2.24, 2.45) is 0 Å². The SMILES string of the molecule is O=C(Oc1ccc(-c2ccccc2)cc1)C(F)(F)SOO. The summed E-state index contributed by atoms with van der Waals surface area (Å²) in [6.45, 7) is 0. The fourth-order valence-corrected chi connectivity index (χ4v) is 1.80. The number of carbonyl (C=O) groups is 1. The molecule has 0 spiro atoms. The van der Waals surface area contributed by atoms with E-state index in [1.807, 2.05) is 30.3 Å². The molecule has 0 saturated heterocycles. The van der Waals surface area contributed by atoms with Gasteiger partial charge in [0.1, 0.15) is 17.8 Å². The molecule has 0 radical (unpaired) electrons. The molecular weight excluding hydrogens is 302 g/mol. The summed E-state index contributed by atoms with van der Waals surface area (Å²) < 4.78 is 33.8. The Hall–Kier alpha value is -1.96. The quantitative estimate of drug-likeness (QED) is 0.297. The van der Waals surface area contributed by atoms with Crippen LogP contribution in [0.4, 0.5) is 8.78 Å². The van der Waals surface area contributed by atoms with E-state index in [-0.39, 0.29) is 5.75 Å². The predicted molar refractivity (Wildman–Crippen MR) is 73.8 cm³/mol. The first-order valence-electron chi connectivity index (χ1n) is 5.78. The molecule has 0 saturated carbocycles. The van der Waals surface area contributed by atoms with Crippen LogP contribution in [-0.2, 0) is 9.13 Å². The summed E-state index contributed by atoms with van der Waals surface area (Å²) >= 11 is -0.691. The van der Waals surface area contributed by atoms with Crippen molar-refractivity contribution in [3.63, 3.8) is 0 Å². The van der Waals surface area contributed by atoms with Gasteiger partial charge < -0.3 is 4.74 Å². The molecule has 2 aromatic carbocycles. The maximum Gasteiger partial charge on any atom is 0.416 e. The number of rotatable bonds is 5. The van der Waals surface area contributed by atoms with Crippen molar-refractivity contribution in [3.05, 3.63) is 54.6 Å². The van der Waals surface area contributed by atoms with Crippen molar-refractivity contribution in [2.75, 3.05) is 0 Å². The first kappa shape index (κ1) is 15.4. The maximum atomic E-state index is 13.1. The van der Waals surface area contributed by atoms with Crippen LogP contribution in [-0.4, -0.2) is 16.5 Å². The zero-order chi connectivity index (χ0) is 15.3. The Balaban J connectivity index is 2.08. The molecule has 2 rings (SSSR count). The van der Waals surface area contributed by atoms with Crippen LogP contribution < -0.4 is 4.74 Å². The molecule has 0 atom stereocenters. The van der Waals surface area contributed by atoms with Gasteiger partial charge in [-0.1, -0.05) is 42.5 Å². The van der Waals surface area contributed by atoms with Crippen LogP contribution in [0.15, 0.2) is 54.6 Å². The number of esters is 1. The zero-order valence-electron chi connectivity index (χ0n) is 10.5. The van der Waals surface area contributed by atoms with Crippen LogP contribution in [0.3, 0.4) is 0 Å². The fourth-order valence-electron chi connectivity index (χ4n) is 1.59. The average Bonchev–Trinajstić information content (AvgIpc) is 2.49. The first-order chi connectivity index (χ1) is 10.0. The van der Waals surface area contributed by atoms with Gasteiger partial charge in [0.25, 0.3) is 0 Å². The zero-order valence-corrected chi connectivity index (χ0v) is 11.3. The maximum absolute atomic E-state index is 13.1. The second-order valence-electron chi connectivity index (χ2n) is 3.95. The van der Waals surface area contributed by atoms with Crippen molar-refractivity contribution in [3.8, 4) is 16.9 Å². The van der Waals surface area contributed by atoms with Crippen molar-refractivity contribution in [1.82, 2.24) is 0 Å². The molecule has 110 valence electrons. The number of alkyl halides is 2. The minimum Gasteiger partial charge on any atom is -0.421 e. The van der Waals surface area contributed by atoms with E-state index in [1.54, 1.807) is 12.1 Å². The van der Waals surface area contributed by atoms with E-state index in [4.69, 9.17) is 5.26 Å². The summed E-state index contributed by atoms with van der Waals surface area (Å²) in [6.07, 6.45) is 0. The molecule has 4 nitrogen and oxygen atoms in total. The van der Waals surface area contributed by atoms with Gasteiger partial charge in [-0.15, -0.1) is 0 Å². The molecule has 0 unspecified atom stereocenters. The first-order valence-corrected chi connectivity index (χ1v) is 6.52. The summed E-state index contributed by atoms with van der Waals surface area (Å²) in [5.74, 6) is -1.85. The average molecular weight is 312 g/mol. The Morgan fingerprint density at radius 3 is 2.14 bits per heavy atom. The lowest BCUT2D eigenvalue weighted by Crippen LogP contribution is -2.29. The number of halogens is 2. The van der Waals surface area contributed by atoms with Gasteiger partial charge in [0.2, 0.25) is 0 Å². The number of ether oxygens (including phenoxy) is 1. The second-order valence-corrected chi connectivity index (χ2v) is 4.78. The normalized spacial score (nSPS) is 11.2. The van der Waals surface area contributed by atoms with E-state index in [0.29, 0.717) is 0 Å². The van der Waals surface area contributed by atoms with Crippen LogP contribution in [0.5, 0.6) is 5.75 Å². The molecule has 0 bridgehead atoms. The topological polar surface area (TPSA) is 55.8 Å². The number of benzene rings is 2. The van der Waals surface area contributed by atoms with E-state index < -0.39 is 23.3 Å². The van der Waals surface area contributed by atoms with Gasteiger partial charge in [0, 0.05) is 0 Å². The monoisotopic (exact) mass is 312 g/mol. The van der Waals surface area contributed by atoms with Crippen LogP contribution in [0, 0.1) is 0 Å². The molecule has 0 aliphatic heterocycles. The van der Waals surface area contributed by atoms with Gasteiger partial charge in [-0.2, -0.15) is 13.1 Å². The Morgan fingerprint density at radius 1 is 1.00 bits per heavy atom. The van der Waals surface area contributed by atoms with Gasteiger partial charge in [-0.3, -0.25) is 0 Å². The molecule has 0 amide bonds. The third-order valence-electron chi connectivity index (χ3n) is 2.55. The number of hydrogen-bond acceptors (Lipinski definition) is 5. The van der Waals surface area contributed by atoms with E-state index in [2.05, 4.69) is 9.07 Å². The third-order valence-corrected chi connectivity index (χ3v) is 3.00. The Labute approximate surface area is 123 Å². The fraction of sp³-hybridized carbons (Fsp3) is 0.0714. The number of carbonyl (C=O) groups excluding carboxylic acids is 1. The molecule has 1 N–H and O–H groups in total. The van der Waals surface area contributed by atoms with Crippen molar-refractivity contribution in [1.29, 1.82) is 0 Å². The number of hydrogen-bond donors (Lipinski definition) is 1. The molecule has 0 aliphatic carbocycles. The summed E-state index contributed by atoms with van der Waals surface area (Å²) in [6, 6.07) is 15.5. The van der Waals surface area contributed by atoms with Crippen molar-refractivity contribution >= 4 is 18.0 Å². The highest BCUT2D eigenvalue weighted by Gasteiger charge is 2.44. The molecule has 0 aromatic heterocycles. The molecule has 0 heterocycles. The van der Waals surface area contributed by atoms with Gasteiger partial charge in [-0.25, -0.2) is 10.1 Å². The lowest BCUT2D eigenvalue weighted by molar-refractivity contribution is -0.156. The Morgan fingerprint density at radius 2 is 1.57 bits per heavy atom. The molecule has 0 aliphatic rings. The standard InChI is InChI=1S/C14H10F2O4S/c15-14(16,21-20-18)13(17)19-12-8-6-11(7-9-12)10-4-2-1-3-5-10/h1-9,18H. The summed E-state index contributed by atoms with van der Waals surface area (Å²) in [5, 5.41) is 3.96. The van der Waals surface area contributed by atoms with Crippen molar-refractivity contribution in [2.45, 2.75) is 5.25 Å². The van der Waals surface area contributed by atoms with Crippen LogP contribution >= 0.6 is 12.0 Å². The summed E-state index contributed by atoms with van der Waals surface area (Å²) in [7, 11) is 0. The van der Waals surface area contributed by atoms with Crippen LogP contribution in [0.1, 0.15) is 0 Å². The van der Waals surface area contributed by atoms with Gasteiger partial charge in [0.05, 0.1) is 0 Å². The Kier molecular flexibility index (Phi) is 4.89. The smallest absolute Gasteiger partial charge is 0.416 e. The summed E-state index contributed by atoms with van der Waals surface area (Å²) in [4.78, 5) is 11.2. The van der Waals surface area contributed by atoms with E-state index in [9.17, 15) is 13.6 Å². The van der Waals surface area contributed by atoms with Crippen molar-refractivity contribution < 1.29 is 27.9 Å². The van der Waals surface area contributed by atoms with Gasteiger partial charge >= 0.3 is 11.2 Å². The van der Waals surface area contributed by atoms with E-state index >= 15 is 0 Å². The van der Waals surface area contributed by atoms with E-state index in [0.717, 1.165) is 11.1 Å². The minimum absolute atomic E-state index is 0.0297. The minimum atomic E-state index is -3.99.